The number of carbonyl (C=O) groups is 2. The lowest BCUT2D eigenvalue weighted by Gasteiger charge is -2.22. The van der Waals surface area contributed by atoms with Gasteiger partial charge in [-0.15, -0.1) is 0 Å². The smallest absolute Gasteiger partial charge is 0.321 e. The van der Waals surface area contributed by atoms with Crippen LogP contribution in [-0.2, 0) is 4.79 Å². The molecule has 0 bridgehead atoms. The molecule has 3 rings (SSSR count). The summed E-state index contributed by atoms with van der Waals surface area (Å²) < 4.78 is 0. The maximum absolute atomic E-state index is 12.6. The first-order valence-electron chi connectivity index (χ1n) is 9.50. The lowest BCUT2D eigenvalue weighted by molar-refractivity contribution is -0.383. The third-order valence-corrected chi connectivity index (χ3v) is 5.01. The Morgan fingerprint density at radius 3 is 2.40 bits per heavy atom. The number of amides is 3. The molecule has 2 aromatic carbocycles. The topological polar surface area (TPSA) is 108 Å². The summed E-state index contributed by atoms with van der Waals surface area (Å²) in [5, 5.41) is 17.3. The summed E-state index contributed by atoms with van der Waals surface area (Å²) in [6, 6.07) is 12.8. The number of nitrogens with one attached hydrogen (secondary N) is 2. The van der Waals surface area contributed by atoms with E-state index in [1.54, 1.807) is 52.3 Å². The maximum Gasteiger partial charge on any atom is 0.321 e. The molecule has 2 N–H and O–H groups in total. The molecule has 0 aromatic heterocycles. The Hall–Kier alpha value is -3.33. The van der Waals surface area contributed by atoms with E-state index in [9.17, 15) is 19.7 Å². The monoisotopic (exact) mass is 431 g/mol. The number of nitrogens with zero attached hydrogens (tertiary/aromatic N) is 3. The zero-order valence-corrected chi connectivity index (χ0v) is 17.0. The van der Waals surface area contributed by atoms with Gasteiger partial charge in [0.15, 0.2) is 0 Å². The number of nitro benzene ring substituents is 1. The van der Waals surface area contributed by atoms with Crippen LogP contribution < -0.4 is 10.6 Å². The lowest BCUT2D eigenvalue weighted by atomic mass is 10.2. The van der Waals surface area contributed by atoms with Gasteiger partial charge in [0.1, 0.15) is 5.69 Å². The van der Waals surface area contributed by atoms with Crippen LogP contribution in [0.4, 0.5) is 21.9 Å². The first-order chi connectivity index (χ1) is 14.4. The van der Waals surface area contributed by atoms with Gasteiger partial charge in [0.2, 0.25) is 5.91 Å². The van der Waals surface area contributed by atoms with Crippen LogP contribution in [0.2, 0.25) is 5.02 Å². The summed E-state index contributed by atoms with van der Waals surface area (Å²) in [6.07, 6.45) is 0.644. The summed E-state index contributed by atoms with van der Waals surface area (Å²) in [7, 11) is 0. The average molecular weight is 432 g/mol. The van der Waals surface area contributed by atoms with Gasteiger partial charge in [-0.2, -0.15) is 0 Å². The van der Waals surface area contributed by atoms with Crippen molar-refractivity contribution in [2.75, 3.05) is 43.4 Å². The van der Waals surface area contributed by atoms with Crippen LogP contribution in [0.15, 0.2) is 48.5 Å². The van der Waals surface area contributed by atoms with Crippen molar-refractivity contribution in [3.63, 3.8) is 0 Å². The van der Waals surface area contributed by atoms with Crippen molar-refractivity contribution in [1.82, 2.24) is 9.80 Å². The van der Waals surface area contributed by atoms with Crippen LogP contribution >= 0.6 is 11.6 Å². The molecule has 1 fully saturated rings. The van der Waals surface area contributed by atoms with Crippen molar-refractivity contribution in [3.8, 4) is 0 Å². The highest BCUT2D eigenvalue weighted by molar-refractivity contribution is 6.30. The standard InChI is InChI=1S/C20H22ClN5O4/c21-15-6-8-16(9-7-15)23-20(28)25-11-3-10-24(12-13-25)19(27)14-22-17-4-1-2-5-18(17)26(29)30/h1-2,4-9,22H,3,10-14H2,(H,23,28). The van der Waals surface area contributed by atoms with Gasteiger partial charge in [0.05, 0.1) is 11.5 Å². The van der Waals surface area contributed by atoms with Crippen LogP contribution in [0.25, 0.3) is 0 Å². The molecule has 0 atom stereocenters. The Kier molecular flexibility index (Phi) is 7.08. The third kappa shape index (κ3) is 5.60. The van der Waals surface area contributed by atoms with Crippen molar-refractivity contribution >= 4 is 40.6 Å². The Labute approximate surface area is 178 Å². The van der Waals surface area contributed by atoms with E-state index in [2.05, 4.69) is 10.6 Å². The van der Waals surface area contributed by atoms with Crippen molar-refractivity contribution in [2.45, 2.75) is 6.42 Å². The van der Waals surface area contributed by atoms with Gasteiger partial charge in [-0.25, -0.2) is 4.79 Å². The van der Waals surface area contributed by atoms with E-state index in [1.165, 1.54) is 6.07 Å². The number of anilines is 2. The average Bonchev–Trinajstić information content (AvgIpc) is 3.00. The molecule has 0 spiro atoms. The van der Waals surface area contributed by atoms with Crippen LogP contribution in [0, 0.1) is 10.1 Å². The molecule has 30 heavy (non-hydrogen) atoms. The van der Waals surface area contributed by atoms with Crippen LogP contribution in [0.5, 0.6) is 0 Å². The molecule has 0 unspecified atom stereocenters. The second-order valence-corrected chi connectivity index (χ2v) is 7.22. The van der Waals surface area contributed by atoms with Crippen molar-refractivity contribution in [2.24, 2.45) is 0 Å². The number of hydrogen-bond donors (Lipinski definition) is 2. The molecule has 1 aliphatic heterocycles. The molecule has 1 aliphatic rings. The number of nitro groups is 1. The number of para-hydroxylation sites is 2. The Bertz CT molecular complexity index is 922. The van der Waals surface area contributed by atoms with Gasteiger partial charge < -0.3 is 20.4 Å². The molecular formula is C20H22ClN5O4. The molecule has 0 radical (unpaired) electrons. The fraction of sp³-hybridized carbons (Fsp3) is 0.300. The SMILES string of the molecule is O=C(CNc1ccccc1[N+](=O)[O-])N1CCCN(C(=O)Nc2ccc(Cl)cc2)CC1. The van der Waals surface area contributed by atoms with Gasteiger partial charge in [-0.1, -0.05) is 23.7 Å². The van der Waals surface area contributed by atoms with Gasteiger partial charge in [0, 0.05) is 43.0 Å². The van der Waals surface area contributed by atoms with Crippen LogP contribution in [0.3, 0.4) is 0 Å². The minimum atomic E-state index is -0.490. The molecule has 2 aromatic rings. The van der Waals surface area contributed by atoms with Gasteiger partial charge in [-0.05, 0) is 36.8 Å². The molecular weight excluding hydrogens is 410 g/mol. The fourth-order valence-electron chi connectivity index (χ4n) is 3.17. The minimum absolute atomic E-state index is 0.0537. The van der Waals surface area contributed by atoms with Crippen molar-refractivity contribution in [1.29, 1.82) is 0 Å². The number of rotatable bonds is 5. The molecule has 1 saturated heterocycles. The van der Waals surface area contributed by atoms with E-state index in [-0.39, 0.29) is 24.2 Å². The van der Waals surface area contributed by atoms with E-state index in [1.807, 2.05) is 0 Å². The number of hydrogen-bond acceptors (Lipinski definition) is 5. The third-order valence-electron chi connectivity index (χ3n) is 4.76. The van der Waals surface area contributed by atoms with E-state index >= 15 is 0 Å². The normalized spacial score (nSPS) is 14.0. The maximum atomic E-state index is 12.6. The van der Waals surface area contributed by atoms with Crippen molar-refractivity contribution < 1.29 is 14.5 Å². The Morgan fingerprint density at radius 1 is 1.00 bits per heavy atom. The number of benzene rings is 2. The zero-order chi connectivity index (χ0) is 21.5. The van der Waals surface area contributed by atoms with Gasteiger partial charge >= 0.3 is 6.03 Å². The number of carbonyl (C=O) groups excluding carboxylic acids is 2. The number of urea groups is 1. The molecule has 9 nitrogen and oxygen atoms in total. The summed E-state index contributed by atoms with van der Waals surface area (Å²) in [6.45, 7) is 1.78. The van der Waals surface area contributed by atoms with Gasteiger partial charge in [0.25, 0.3) is 5.69 Å². The van der Waals surface area contributed by atoms with E-state index < -0.39 is 4.92 Å². The number of halogens is 1. The van der Waals surface area contributed by atoms with E-state index in [0.29, 0.717) is 49.0 Å². The Balaban J connectivity index is 1.52. The molecule has 0 aliphatic carbocycles. The van der Waals surface area contributed by atoms with E-state index in [4.69, 9.17) is 11.6 Å². The molecule has 3 amide bonds. The minimum Gasteiger partial charge on any atom is -0.371 e. The predicted molar refractivity (Wildman–Crippen MR) is 115 cm³/mol. The van der Waals surface area contributed by atoms with Gasteiger partial charge in [-0.3, -0.25) is 14.9 Å². The first-order valence-corrected chi connectivity index (χ1v) is 9.88. The van der Waals surface area contributed by atoms with E-state index in [0.717, 1.165) is 0 Å². The summed E-state index contributed by atoms with van der Waals surface area (Å²) in [5.74, 6) is -0.173. The predicted octanol–water partition coefficient (Wildman–Crippen LogP) is 3.43. The quantitative estimate of drug-likeness (QED) is 0.557. The summed E-state index contributed by atoms with van der Waals surface area (Å²) in [4.78, 5) is 39.0. The molecule has 0 saturated carbocycles. The Morgan fingerprint density at radius 2 is 1.67 bits per heavy atom. The largest absolute Gasteiger partial charge is 0.371 e. The molecule has 158 valence electrons. The van der Waals surface area contributed by atoms with Crippen LogP contribution in [-0.4, -0.2) is 59.4 Å². The second kappa shape index (κ2) is 9.93. The second-order valence-electron chi connectivity index (χ2n) is 6.79. The van der Waals surface area contributed by atoms with Crippen molar-refractivity contribution in [3.05, 3.63) is 63.7 Å². The zero-order valence-electron chi connectivity index (χ0n) is 16.2. The highest BCUT2D eigenvalue weighted by Crippen LogP contribution is 2.23. The highest BCUT2D eigenvalue weighted by Gasteiger charge is 2.22. The molecule has 1 heterocycles. The summed E-state index contributed by atoms with van der Waals surface area (Å²) >= 11 is 5.85. The fourth-order valence-corrected chi connectivity index (χ4v) is 3.30. The first kappa shape index (κ1) is 21.4. The molecule has 10 heteroatoms. The highest BCUT2D eigenvalue weighted by atomic mass is 35.5. The lowest BCUT2D eigenvalue weighted by Crippen LogP contribution is -2.40. The van der Waals surface area contributed by atoms with Crippen LogP contribution in [0.1, 0.15) is 6.42 Å². The summed E-state index contributed by atoms with van der Waals surface area (Å²) in [5.41, 5.74) is 0.871.